The van der Waals surface area contributed by atoms with E-state index in [1.807, 2.05) is 6.92 Å². The Morgan fingerprint density at radius 3 is 1.92 bits per heavy atom. The van der Waals surface area contributed by atoms with Crippen LogP contribution < -0.4 is 79.5 Å². The van der Waals surface area contributed by atoms with E-state index in [9.17, 15) is 14.6 Å². The van der Waals surface area contributed by atoms with Crippen molar-refractivity contribution in [1.29, 1.82) is 0 Å². The number of amides is 1. The van der Waals surface area contributed by atoms with E-state index in [2.05, 4.69) is 10.6 Å². The molecule has 0 spiro atoms. The molecule has 10 nitrogen and oxygen atoms in total. The molecular formula is C10H25N3Na2O7P2+2. The molecule has 0 bridgehead atoms. The van der Waals surface area contributed by atoms with E-state index in [1.54, 1.807) is 0 Å². The maximum atomic E-state index is 11.6. The van der Waals surface area contributed by atoms with Gasteiger partial charge in [-0.1, -0.05) is 6.92 Å². The molecule has 0 aliphatic carbocycles. The molecule has 6 N–H and O–H groups in total. The van der Waals surface area contributed by atoms with Crippen molar-refractivity contribution in [3.8, 4) is 0 Å². The van der Waals surface area contributed by atoms with Crippen LogP contribution in [0.4, 0.5) is 0 Å². The van der Waals surface area contributed by atoms with Crippen molar-refractivity contribution >= 4 is 21.8 Å². The number of rotatable bonds is 12. The molecule has 0 fully saturated rings. The molecule has 14 heteroatoms. The van der Waals surface area contributed by atoms with Gasteiger partial charge in [0.05, 0.1) is 6.54 Å². The second-order valence-corrected chi connectivity index (χ2v) is 8.12. The number of hydrogen-bond acceptors (Lipinski definition) is 9. The van der Waals surface area contributed by atoms with Gasteiger partial charge in [-0.2, -0.15) is 0 Å². The van der Waals surface area contributed by atoms with E-state index >= 15 is 0 Å². The van der Waals surface area contributed by atoms with Crippen LogP contribution in [0.2, 0.25) is 0 Å². The van der Waals surface area contributed by atoms with Crippen molar-refractivity contribution in [3.63, 3.8) is 0 Å². The van der Waals surface area contributed by atoms with Crippen LogP contribution >= 0.6 is 15.9 Å². The molecule has 0 saturated carbocycles. The third-order valence-electron chi connectivity index (χ3n) is 2.41. The zero-order valence-corrected chi connectivity index (χ0v) is 20.3. The van der Waals surface area contributed by atoms with Gasteiger partial charge in [-0.05, 0) is 25.9 Å². The van der Waals surface area contributed by atoms with Crippen molar-refractivity contribution in [2.45, 2.75) is 19.8 Å². The standard InChI is InChI=1S/C10H25N3O7P2.2Na/c1-2-4-11-5-3-6-12-10(14)7-13(8-21(15,16)17)9-22(18,19)20;;/h11H,2-9H2,1H3,(H,12,14)(H2,15,16,17)(H2,18,19,20);;/q;2*+1. The first-order valence-electron chi connectivity index (χ1n) is 6.82. The summed E-state index contributed by atoms with van der Waals surface area (Å²) < 4.78 is 0. The van der Waals surface area contributed by atoms with Crippen LogP contribution in [-0.4, -0.2) is 69.1 Å². The fraction of sp³-hybridized carbons (Fsp3) is 0.900. The van der Waals surface area contributed by atoms with Gasteiger partial charge in [-0.25, -0.2) is 24.5 Å². The summed E-state index contributed by atoms with van der Waals surface area (Å²) in [6.45, 7) is 3.52. The average Bonchev–Trinajstić information content (AvgIpc) is 2.29. The van der Waals surface area contributed by atoms with Crippen molar-refractivity contribution in [2.24, 2.45) is 0 Å². The van der Waals surface area contributed by atoms with Crippen molar-refractivity contribution in [1.82, 2.24) is 15.5 Å². The number of carbonyl (C=O) groups excluding carboxylic acids is 1. The molecule has 132 valence electrons. The Morgan fingerprint density at radius 2 is 1.50 bits per heavy atom. The van der Waals surface area contributed by atoms with Gasteiger partial charge in [0.15, 0.2) is 12.6 Å². The molecule has 0 aromatic rings. The van der Waals surface area contributed by atoms with Crippen molar-refractivity contribution < 1.29 is 93.3 Å². The van der Waals surface area contributed by atoms with Gasteiger partial charge in [-0.3, -0.25) is 4.79 Å². The monoisotopic (exact) mass is 407 g/mol. The number of carbonyl (C=O) groups is 1. The number of hydrogen-bond donors (Lipinski definition) is 6. The largest absolute Gasteiger partial charge is 1.00 e. The fourth-order valence-corrected chi connectivity index (χ4v) is 3.27. The van der Waals surface area contributed by atoms with Crippen LogP contribution in [0, 0.1) is 0 Å². The number of nitrogens with zero attached hydrogens (tertiary/aromatic N) is 1. The van der Waals surface area contributed by atoms with Gasteiger partial charge in [0.25, 0.3) is 0 Å². The smallest absolute Gasteiger partial charge is 0.631 e. The van der Waals surface area contributed by atoms with Crippen molar-refractivity contribution in [2.75, 3.05) is 38.8 Å². The first-order valence-corrected chi connectivity index (χ1v) is 10.4. The summed E-state index contributed by atoms with van der Waals surface area (Å²) in [6.07, 6.45) is -0.0814. The van der Waals surface area contributed by atoms with Crippen LogP contribution in [0.1, 0.15) is 19.8 Å². The first kappa shape index (κ1) is 30.7. The SMILES string of the molecule is CCCNCCCNC(=O)CN(C[P+]([O-])(O)O)C[P+]([O-])(O)O.[Na+].[Na+]. The molecule has 0 aromatic carbocycles. The third kappa shape index (κ3) is 22.1. The van der Waals surface area contributed by atoms with Crippen LogP contribution in [0.3, 0.4) is 0 Å². The minimum atomic E-state index is -4.52. The normalized spacial score (nSPS) is 11.7. The van der Waals surface area contributed by atoms with E-state index in [0.29, 0.717) is 13.0 Å². The van der Waals surface area contributed by atoms with E-state index in [1.165, 1.54) is 0 Å². The molecule has 0 unspecified atom stereocenters. The Balaban J connectivity index is -0.00000220. The van der Waals surface area contributed by atoms with Gasteiger partial charge in [0.2, 0.25) is 21.8 Å². The Morgan fingerprint density at radius 1 is 1.00 bits per heavy atom. The maximum absolute atomic E-state index is 11.6. The van der Waals surface area contributed by atoms with E-state index in [0.717, 1.165) is 24.4 Å². The zero-order valence-electron chi connectivity index (χ0n) is 14.5. The third-order valence-corrected chi connectivity index (χ3v) is 3.95. The predicted octanol–water partition coefficient (Wildman–Crippen LogP) is -9.07. The van der Waals surface area contributed by atoms with Crippen LogP contribution in [0.25, 0.3) is 0 Å². The van der Waals surface area contributed by atoms with Crippen molar-refractivity contribution in [3.05, 3.63) is 0 Å². The Bertz CT molecular complexity index is 317. The summed E-state index contributed by atoms with van der Waals surface area (Å²) in [5.41, 5.74) is 0. The topological polar surface area (TPSA) is 171 Å². The molecule has 0 aliphatic heterocycles. The summed E-state index contributed by atoms with van der Waals surface area (Å²) in [5, 5.41) is 5.68. The second kappa shape index (κ2) is 16.0. The molecule has 24 heavy (non-hydrogen) atoms. The molecule has 0 rings (SSSR count). The molecule has 0 heterocycles. The van der Waals surface area contributed by atoms with Gasteiger partial charge in [0.1, 0.15) is 0 Å². The summed E-state index contributed by atoms with van der Waals surface area (Å²) in [5.74, 6) is -0.544. The quantitative estimate of drug-likeness (QED) is 0.104. The van der Waals surface area contributed by atoms with E-state index < -0.39 is 40.9 Å². The molecule has 0 aliphatic rings. The van der Waals surface area contributed by atoms with Crippen LogP contribution in [-0.2, 0) is 4.79 Å². The Kier molecular flexibility index (Phi) is 20.5. The van der Waals surface area contributed by atoms with E-state index in [4.69, 9.17) is 19.6 Å². The number of nitrogens with one attached hydrogen (secondary N) is 2. The van der Waals surface area contributed by atoms with Gasteiger partial charge in [-0.15, -0.1) is 0 Å². The molecular weight excluding hydrogens is 382 g/mol. The van der Waals surface area contributed by atoms with E-state index in [-0.39, 0.29) is 59.1 Å². The summed E-state index contributed by atoms with van der Waals surface area (Å²) in [6, 6.07) is 0. The minimum absolute atomic E-state index is 0. The molecule has 1 amide bonds. The molecule has 0 aromatic heterocycles. The first-order chi connectivity index (χ1) is 10.0. The predicted molar refractivity (Wildman–Crippen MR) is 79.9 cm³/mol. The maximum Gasteiger partial charge on any atom is 1.00 e. The molecule has 0 radical (unpaired) electrons. The minimum Gasteiger partial charge on any atom is -0.631 e. The fourth-order valence-electron chi connectivity index (χ4n) is 1.67. The summed E-state index contributed by atoms with van der Waals surface area (Å²) in [4.78, 5) is 69.7. The van der Waals surface area contributed by atoms with Gasteiger partial charge in [0, 0.05) is 6.54 Å². The molecule has 0 atom stereocenters. The average molecular weight is 407 g/mol. The second-order valence-electron chi connectivity index (χ2n) is 4.89. The zero-order chi connectivity index (χ0) is 17.2. The Hall–Kier alpha value is 2.01. The summed E-state index contributed by atoms with van der Waals surface area (Å²) >= 11 is 0. The van der Waals surface area contributed by atoms with Crippen LogP contribution in [0.15, 0.2) is 0 Å². The Labute approximate surface area is 187 Å². The van der Waals surface area contributed by atoms with Gasteiger partial charge >= 0.3 is 59.1 Å². The summed E-state index contributed by atoms with van der Waals surface area (Å²) in [7, 11) is -9.03. The van der Waals surface area contributed by atoms with Gasteiger partial charge < -0.3 is 20.4 Å². The molecule has 0 saturated heterocycles. The van der Waals surface area contributed by atoms with Crippen LogP contribution in [0.5, 0.6) is 0 Å².